The van der Waals surface area contributed by atoms with Gasteiger partial charge >= 0.3 is 0 Å². The summed E-state index contributed by atoms with van der Waals surface area (Å²) in [5.41, 5.74) is 1.63. The molecule has 0 amide bonds. The minimum absolute atomic E-state index is 0.733. The number of hydrogen-bond donors (Lipinski definition) is 1. The molecule has 2 rings (SSSR count). The van der Waals surface area contributed by atoms with Crippen LogP contribution in [0.25, 0.3) is 11.2 Å². The maximum atomic E-state index is 5.26. The van der Waals surface area contributed by atoms with E-state index in [0.717, 1.165) is 43.0 Å². The molecular weight excluding hydrogens is 192 g/mol. The molecule has 0 atom stereocenters. The summed E-state index contributed by atoms with van der Waals surface area (Å²) >= 11 is 0. The Labute approximate surface area is 87.9 Å². The number of H-pyrrole nitrogens is 1. The zero-order valence-corrected chi connectivity index (χ0v) is 8.73. The van der Waals surface area contributed by atoms with E-state index in [2.05, 4.69) is 19.9 Å². The lowest BCUT2D eigenvalue weighted by Crippen LogP contribution is -1.96. The fourth-order valence-electron chi connectivity index (χ4n) is 1.42. The molecule has 2 aromatic heterocycles. The quantitative estimate of drug-likeness (QED) is 0.749. The van der Waals surface area contributed by atoms with Gasteiger partial charge in [0.2, 0.25) is 0 Å². The van der Waals surface area contributed by atoms with Gasteiger partial charge in [-0.25, -0.2) is 15.0 Å². The van der Waals surface area contributed by atoms with E-state index in [1.54, 1.807) is 6.20 Å². The Morgan fingerprint density at radius 3 is 3.20 bits per heavy atom. The third-order valence-electron chi connectivity index (χ3n) is 2.12. The fraction of sp³-hybridized carbons (Fsp3) is 0.500. The number of rotatable bonds is 5. The van der Waals surface area contributed by atoms with Crippen LogP contribution in [0.4, 0.5) is 0 Å². The number of nitrogens with zero attached hydrogens (tertiary/aromatic N) is 3. The molecule has 2 heterocycles. The van der Waals surface area contributed by atoms with Gasteiger partial charge in [0.25, 0.3) is 0 Å². The van der Waals surface area contributed by atoms with Gasteiger partial charge in [-0.05, 0) is 13.3 Å². The number of imidazole rings is 1. The van der Waals surface area contributed by atoms with Crippen molar-refractivity contribution >= 4 is 11.2 Å². The zero-order valence-electron chi connectivity index (χ0n) is 8.73. The summed E-state index contributed by atoms with van der Waals surface area (Å²) in [6, 6.07) is 0. The number of hydrogen-bond acceptors (Lipinski definition) is 4. The third kappa shape index (κ3) is 2.50. The Balaban J connectivity index is 1.97. The van der Waals surface area contributed by atoms with Gasteiger partial charge in [0.15, 0.2) is 5.65 Å². The monoisotopic (exact) mass is 206 g/mol. The van der Waals surface area contributed by atoms with Crippen LogP contribution in [-0.2, 0) is 11.2 Å². The fourth-order valence-corrected chi connectivity index (χ4v) is 1.42. The molecule has 80 valence electrons. The first-order valence-corrected chi connectivity index (χ1v) is 5.12. The Morgan fingerprint density at radius 1 is 1.47 bits per heavy atom. The molecule has 0 aromatic carbocycles. The first kappa shape index (κ1) is 10.0. The van der Waals surface area contributed by atoms with Crippen molar-refractivity contribution in [1.29, 1.82) is 0 Å². The van der Waals surface area contributed by atoms with E-state index in [4.69, 9.17) is 4.74 Å². The van der Waals surface area contributed by atoms with Crippen molar-refractivity contribution in [3.8, 4) is 0 Å². The van der Waals surface area contributed by atoms with Gasteiger partial charge in [-0.2, -0.15) is 0 Å². The molecule has 15 heavy (non-hydrogen) atoms. The van der Waals surface area contributed by atoms with Gasteiger partial charge in [-0.3, -0.25) is 0 Å². The van der Waals surface area contributed by atoms with E-state index < -0.39 is 0 Å². The Morgan fingerprint density at radius 2 is 2.40 bits per heavy atom. The third-order valence-corrected chi connectivity index (χ3v) is 2.12. The molecule has 0 aliphatic rings. The van der Waals surface area contributed by atoms with E-state index >= 15 is 0 Å². The number of aromatic nitrogens is 4. The van der Waals surface area contributed by atoms with E-state index in [9.17, 15) is 0 Å². The average molecular weight is 206 g/mol. The number of ether oxygens (including phenoxy) is 1. The number of aromatic amines is 1. The maximum absolute atomic E-state index is 5.26. The smallest absolute Gasteiger partial charge is 0.180 e. The van der Waals surface area contributed by atoms with Gasteiger partial charge in [-0.1, -0.05) is 0 Å². The maximum Gasteiger partial charge on any atom is 0.180 e. The normalized spacial score (nSPS) is 11.0. The van der Waals surface area contributed by atoms with Crippen LogP contribution in [0.1, 0.15) is 19.2 Å². The lowest BCUT2D eigenvalue weighted by Gasteiger charge is -1.97. The van der Waals surface area contributed by atoms with E-state index in [-0.39, 0.29) is 0 Å². The van der Waals surface area contributed by atoms with Crippen LogP contribution in [-0.4, -0.2) is 33.1 Å². The van der Waals surface area contributed by atoms with E-state index in [1.165, 1.54) is 6.33 Å². The van der Waals surface area contributed by atoms with Crippen molar-refractivity contribution in [2.24, 2.45) is 0 Å². The summed E-state index contributed by atoms with van der Waals surface area (Å²) < 4.78 is 5.26. The van der Waals surface area contributed by atoms with Crippen LogP contribution in [0.15, 0.2) is 12.5 Å². The molecule has 0 aliphatic carbocycles. The second-order valence-corrected chi connectivity index (χ2v) is 3.24. The standard InChI is InChI=1S/C10H14N4O/c1-2-15-5-3-4-9-13-8-6-11-7-12-10(8)14-9/h6-7H,2-5H2,1H3,(H,11,12,13,14). The molecule has 1 N–H and O–H groups in total. The van der Waals surface area contributed by atoms with E-state index in [0.29, 0.717) is 0 Å². The van der Waals surface area contributed by atoms with Crippen LogP contribution in [0.3, 0.4) is 0 Å². The highest BCUT2D eigenvalue weighted by Gasteiger charge is 2.02. The van der Waals surface area contributed by atoms with Crippen LogP contribution >= 0.6 is 0 Å². The Hall–Kier alpha value is -1.49. The highest BCUT2D eigenvalue weighted by Crippen LogP contribution is 2.07. The minimum Gasteiger partial charge on any atom is -0.382 e. The van der Waals surface area contributed by atoms with Crippen molar-refractivity contribution in [2.75, 3.05) is 13.2 Å². The molecule has 5 heteroatoms. The van der Waals surface area contributed by atoms with Crippen molar-refractivity contribution in [2.45, 2.75) is 19.8 Å². The molecular formula is C10H14N4O. The lowest BCUT2D eigenvalue weighted by atomic mass is 10.3. The average Bonchev–Trinajstić information content (AvgIpc) is 2.67. The number of aryl methyl sites for hydroxylation is 1. The van der Waals surface area contributed by atoms with Crippen LogP contribution in [0.2, 0.25) is 0 Å². The lowest BCUT2D eigenvalue weighted by molar-refractivity contribution is 0.145. The molecule has 5 nitrogen and oxygen atoms in total. The molecule has 0 saturated heterocycles. The predicted molar refractivity (Wildman–Crippen MR) is 56.5 cm³/mol. The van der Waals surface area contributed by atoms with Gasteiger partial charge in [0.05, 0.1) is 6.20 Å². The number of nitrogens with one attached hydrogen (secondary N) is 1. The molecule has 0 fully saturated rings. The Kier molecular flexibility index (Phi) is 3.24. The van der Waals surface area contributed by atoms with Crippen molar-refractivity contribution in [3.63, 3.8) is 0 Å². The second-order valence-electron chi connectivity index (χ2n) is 3.24. The van der Waals surface area contributed by atoms with Crippen LogP contribution in [0.5, 0.6) is 0 Å². The van der Waals surface area contributed by atoms with E-state index in [1.807, 2.05) is 6.92 Å². The predicted octanol–water partition coefficient (Wildman–Crippen LogP) is 1.32. The van der Waals surface area contributed by atoms with Gasteiger partial charge in [0.1, 0.15) is 17.7 Å². The molecule has 0 spiro atoms. The summed E-state index contributed by atoms with van der Waals surface area (Å²) in [5, 5.41) is 0. The molecule has 0 unspecified atom stereocenters. The molecule has 0 aliphatic heterocycles. The van der Waals surface area contributed by atoms with Crippen molar-refractivity contribution in [1.82, 2.24) is 19.9 Å². The minimum atomic E-state index is 0.733. The molecule has 0 radical (unpaired) electrons. The summed E-state index contributed by atoms with van der Waals surface area (Å²) in [4.78, 5) is 15.5. The SMILES string of the molecule is CCOCCCc1nc2ncncc2[nH]1. The second kappa shape index (κ2) is 4.84. The highest BCUT2D eigenvalue weighted by molar-refractivity contribution is 5.68. The molecule has 2 aromatic rings. The zero-order chi connectivity index (χ0) is 10.5. The van der Waals surface area contributed by atoms with Crippen LogP contribution in [0, 0.1) is 0 Å². The molecule has 0 saturated carbocycles. The molecule has 0 bridgehead atoms. The van der Waals surface area contributed by atoms with Crippen LogP contribution < -0.4 is 0 Å². The van der Waals surface area contributed by atoms with Gasteiger partial charge < -0.3 is 9.72 Å². The Bertz CT molecular complexity index is 393. The topological polar surface area (TPSA) is 63.7 Å². The summed E-state index contributed by atoms with van der Waals surface area (Å²) in [7, 11) is 0. The first-order chi connectivity index (χ1) is 7.40. The van der Waals surface area contributed by atoms with Gasteiger partial charge in [0, 0.05) is 19.6 Å². The number of fused-ring (bicyclic) bond motifs is 1. The van der Waals surface area contributed by atoms with Crippen molar-refractivity contribution < 1.29 is 4.74 Å². The largest absolute Gasteiger partial charge is 0.382 e. The van der Waals surface area contributed by atoms with Crippen molar-refractivity contribution in [3.05, 3.63) is 18.3 Å². The summed E-state index contributed by atoms with van der Waals surface area (Å²) in [6.07, 6.45) is 5.10. The summed E-state index contributed by atoms with van der Waals surface area (Å²) in [5.74, 6) is 0.949. The summed E-state index contributed by atoms with van der Waals surface area (Å²) in [6.45, 7) is 3.54. The first-order valence-electron chi connectivity index (χ1n) is 5.12. The van der Waals surface area contributed by atoms with Gasteiger partial charge in [-0.15, -0.1) is 0 Å². The highest BCUT2D eigenvalue weighted by atomic mass is 16.5.